The lowest BCUT2D eigenvalue weighted by atomic mass is 10.2. The highest BCUT2D eigenvalue weighted by atomic mass is 127. The first-order valence-corrected chi connectivity index (χ1v) is 7.67. The Morgan fingerprint density at radius 2 is 1.95 bits per heavy atom. The van der Waals surface area contributed by atoms with Gasteiger partial charge < -0.3 is 15.0 Å². The second-order valence-electron chi connectivity index (χ2n) is 5.64. The average molecular weight is 419 g/mol. The fraction of sp³-hybridized carbons (Fsp3) is 0.588. The van der Waals surface area contributed by atoms with E-state index in [9.17, 15) is 0 Å². The Hall–Kier alpha value is -0.820. The second-order valence-corrected chi connectivity index (χ2v) is 5.64. The van der Waals surface area contributed by atoms with Gasteiger partial charge in [-0.15, -0.1) is 24.0 Å². The summed E-state index contributed by atoms with van der Waals surface area (Å²) >= 11 is 0. The van der Waals surface area contributed by atoms with Crippen molar-refractivity contribution in [2.45, 2.75) is 26.8 Å². The van der Waals surface area contributed by atoms with Gasteiger partial charge in [-0.25, -0.2) is 0 Å². The number of guanidine groups is 1. The predicted molar refractivity (Wildman–Crippen MR) is 105 cm³/mol. The molecule has 1 N–H and O–H groups in total. The van der Waals surface area contributed by atoms with Gasteiger partial charge in [0.05, 0.1) is 0 Å². The summed E-state index contributed by atoms with van der Waals surface area (Å²) in [6, 6.07) is 10.4. The summed E-state index contributed by atoms with van der Waals surface area (Å²) in [7, 11) is 3.87. The molecule has 0 heterocycles. The molecule has 0 unspecified atom stereocenters. The van der Waals surface area contributed by atoms with E-state index < -0.39 is 0 Å². The van der Waals surface area contributed by atoms with Gasteiger partial charge in [0.2, 0.25) is 0 Å². The molecule has 0 aliphatic heterocycles. The predicted octanol–water partition coefficient (Wildman–Crippen LogP) is 3.37. The van der Waals surface area contributed by atoms with Crippen molar-refractivity contribution in [2.75, 3.05) is 33.9 Å². The Morgan fingerprint density at radius 3 is 2.55 bits per heavy atom. The summed E-state index contributed by atoms with van der Waals surface area (Å²) < 4.78 is 5.57. The van der Waals surface area contributed by atoms with Crippen molar-refractivity contribution in [2.24, 2.45) is 10.9 Å². The summed E-state index contributed by atoms with van der Waals surface area (Å²) in [6.45, 7) is 7.69. The maximum absolute atomic E-state index is 5.57. The van der Waals surface area contributed by atoms with Crippen LogP contribution in [0.5, 0.6) is 0 Å². The van der Waals surface area contributed by atoms with E-state index in [2.05, 4.69) is 60.4 Å². The third-order valence-electron chi connectivity index (χ3n) is 3.04. The van der Waals surface area contributed by atoms with Gasteiger partial charge >= 0.3 is 0 Å². The Morgan fingerprint density at radius 1 is 1.27 bits per heavy atom. The Balaban J connectivity index is 0.00000441. The molecule has 0 spiro atoms. The zero-order chi connectivity index (χ0) is 15.5. The SMILES string of the molecule is CN=C(NCCCOCC(C)C)N(C)Cc1ccccc1.I. The number of ether oxygens (including phenoxy) is 1. The molecule has 5 heteroatoms. The summed E-state index contributed by atoms with van der Waals surface area (Å²) in [5, 5.41) is 3.37. The number of rotatable bonds is 8. The van der Waals surface area contributed by atoms with Crippen LogP contribution in [0.4, 0.5) is 0 Å². The fourth-order valence-corrected chi connectivity index (χ4v) is 2.01. The lowest BCUT2D eigenvalue weighted by Crippen LogP contribution is -2.39. The lowest BCUT2D eigenvalue weighted by molar-refractivity contribution is 0.108. The first kappa shape index (κ1) is 21.2. The molecule has 0 aliphatic rings. The van der Waals surface area contributed by atoms with Crippen LogP contribution in [-0.2, 0) is 11.3 Å². The Labute approximate surface area is 152 Å². The zero-order valence-electron chi connectivity index (χ0n) is 14.2. The van der Waals surface area contributed by atoms with E-state index in [4.69, 9.17) is 4.74 Å². The van der Waals surface area contributed by atoms with Gasteiger partial charge in [-0.1, -0.05) is 44.2 Å². The highest BCUT2D eigenvalue weighted by Crippen LogP contribution is 2.02. The minimum Gasteiger partial charge on any atom is -0.381 e. The van der Waals surface area contributed by atoms with Gasteiger partial charge in [0.1, 0.15) is 0 Å². The first-order chi connectivity index (χ1) is 10.1. The topological polar surface area (TPSA) is 36.9 Å². The molecule has 4 nitrogen and oxygen atoms in total. The van der Waals surface area contributed by atoms with Crippen LogP contribution in [0.3, 0.4) is 0 Å². The molecule has 126 valence electrons. The van der Waals surface area contributed by atoms with Gasteiger partial charge in [-0.05, 0) is 17.9 Å². The van der Waals surface area contributed by atoms with Gasteiger partial charge in [-0.3, -0.25) is 4.99 Å². The molecule has 22 heavy (non-hydrogen) atoms. The van der Waals surface area contributed by atoms with Gasteiger partial charge in [-0.2, -0.15) is 0 Å². The summed E-state index contributed by atoms with van der Waals surface area (Å²) in [5.74, 6) is 1.52. The van der Waals surface area contributed by atoms with Crippen molar-refractivity contribution < 1.29 is 4.74 Å². The van der Waals surface area contributed by atoms with E-state index in [-0.39, 0.29) is 24.0 Å². The number of benzene rings is 1. The molecule has 1 aromatic carbocycles. The van der Waals surface area contributed by atoms with Crippen molar-refractivity contribution in [1.29, 1.82) is 0 Å². The Kier molecular flexibility index (Phi) is 12.2. The number of halogens is 1. The second kappa shape index (κ2) is 12.7. The van der Waals surface area contributed by atoms with Crippen LogP contribution in [0.25, 0.3) is 0 Å². The summed E-state index contributed by atoms with van der Waals surface area (Å²) in [5.41, 5.74) is 1.28. The largest absolute Gasteiger partial charge is 0.381 e. The van der Waals surface area contributed by atoms with Crippen LogP contribution in [0.1, 0.15) is 25.8 Å². The van der Waals surface area contributed by atoms with Crippen LogP contribution < -0.4 is 5.32 Å². The molecule has 0 amide bonds. The average Bonchev–Trinajstić information content (AvgIpc) is 2.47. The van der Waals surface area contributed by atoms with Crippen molar-refractivity contribution >= 4 is 29.9 Å². The third kappa shape index (κ3) is 9.25. The summed E-state index contributed by atoms with van der Waals surface area (Å²) in [6.07, 6.45) is 0.991. The Bertz CT molecular complexity index is 410. The van der Waals surface area contributed by atoms with Gasteiger partial charge in [0.25, 0.3) is 0 Å². The molecule has 1 rings (SSSR count). The van der Waals surface area contributed by atoms with E-state index in [0.29, 0.717) is 5.92 Å². The molecule has 0 saturated carbocycles. The maximum Gasteiger partial charge on any atom is 0.193 e. The van der Waals surface area contributed by atoms with E-state index in [0.717, 1.165) is 38.7 Å². The highest BCUT2D eigenvalue weighted by Gasteiger charge is 2.05. The quantitative estimate of drug-likeness (QED) is 0.304. The van der Waals surface area contributed by atoms with Crippen molar-refractivity contribution in [1.82, 2.24) is 10.2 Å². The lowest BCUT2D eigenvalue weighted by Gasteiger charge is -2.22. The monoisotopic (exact) mass is 419 g/mol. The molecule has 0 saturated heterocycles. The van der Waals surface area contributed by atoms with E-state index in [1.165, 1.54) is 5.56 Å². The van der Waals surface area contributed by atoms with Crippen LogP contribution in [0, 0.1) is 5.92 Å². The fourth-order valence-electron chi connectivity index (χ4n) is 2.01. The van der Waals surface area contributed by atoms with Crippen molar-refractivity contribution in [3.63, 3.8) is 0 Å². The van der Waals surface area contributed by atoms with E-state index >= 15 is 0 Å². The minimum atomic E-state index is 0. The smallest absolute Gasteiger partial charge is 0.193 e. The summed E-state index contributed by atoms with van der Waals surface area (Å²) in [4.78, 5) is 6.45. The number of hydrogen-bond acceptors (Lipinski definition) is 2. The van der Waals surface area contributed by atoms with Crippen LogP contribution in [-0.4, -0.2) is 44.7 Å². The molecule has 0 radical (unpaired) electrons. The van der Waals surface area contributed by atoms with E-state index in [1.54, 1.807) is 0 Å². The minimum absolute atomic E-state index is 0. The molecule has 0 aromatic heterocycles. The number of aliphatic imine (C=N–C) groups is 1. The van der Waals surface area contributed by atoms with Gasteiger partial charge in [0.15, 0.2) is 5.96 Å². The zero-order valence-corrected chi connectivity index (χ0v) is 16.5. The van der Waals surface area contributed by atoms with E-state index in [1.807, 2.05) is 13.1 Å². The number of nitrogens with zero attached hydrogens (tertiary/aromatic N) is 2. The molecule has 0 fully saturated rings. The number of hydrogen-bond donors (Lipinski definition) is 1. The molecular weight excluding hydrogens is 389 g/mol. The molecule has 0 atom stereocenters. The van der Waals surface area contributed by atoms with Crippen LogP contribution in [0.2, 0.25) is 0 Å². The number of nitrogens with one attached hydrogen (secondary N) is 1. The van der Waals surface area contributed by atoms with Gasteiger partial charge in [0, 0.05) is 40.4 Å². The third-order valence-corrected chi connectivity index (χ3v) is 3.04. The molecule has 1 aromatic rings. The highest BCUT2D eigenvalue weighted by molar-refractivity contribution is 14.0. The molecular formula is C17H30IN3O. The maximum atomic E-state index is 5.57. The van der Waals surface area contributed by atoms with Crippen molar-refractivity contribution in [3.05, 3.63) is 35.9 Å². The first-order valence-electron chi connectivity index (χ1n) is 7.67. The van der Waals surface area contributed by atoms with Crippen molar-refractivity contribution in [3.8, 4) is 0 Å². The van der Waals surface area contributed by atoms with Crippen LogP contribution in [0.15, 0.2) is 35.3 Å². The molecule has 0 bridgehead atoms. The standard InChI is InChI=1S/C17H29N3O.HI/c1-15(2)14-21-12-8-11-19-17(18-3)20(4)13-16-9-6-5-7-10-16;/h5-7,9-10,15H,8,11-14H2,1-4H3,(H,18,19);1H. The normalized spacial score (nSPS) is 11.2. The molecule has 0 aliphatic carbocycles. The van der Waals surface area contributed by atoms with Crippen LogP contribution >= 0.6 is 24.0 Å².